The highest BCUT2D eigenvalue weighted by molar-refractivity contribution is 7.89. The first-order chi connectivity index (χ1) is 12.4. The second kappa shape index (κ2) is 7.71. The van der Waals surface area contributed by atoms with Crippen molar-refractivity contribution in [2.45, 2.75) is 4.90 Å². The Bertz CT molecular complexity index is 930. The molecule has 0 bridgehead atoms. The maximum absolute atomic E-state index is 14.4. The molecule has 1 amide bonds. The van der Waals surface area contributed by atoms with E-state index in [1.807, 2.05) is 0 Å². The zero-order valence-electron chi connectivity index (χ0n) is 13.6. The highest BCUT2D eigenvalue weighted by atomic mass is 35.5. The lowest BCUT2D eigenvalue weighted by molar-refractivity contribution is 0.0730. The average molecular weight is 399 g/mol. The van der Waals surface area contributed by atoms with Crippen LogP contribution < -0.4 is 5.32 Å². The molecule has 1 aliphatic heterocycles. The van der Waals surface area contributed by atoms with E-state index in [4.69, 9.17) is 16.3 Å². The molecule has 0 aliphatic carbocycles. The van der Waals surface area contributed by atoms with Gasteiger partial charge in [-0.1, -0.05) is 17.7 Å². The van der Waals surface area contributed by atoms with E-state index >= 15 is 0 Å². The first-order valence-electron chi connectivity index (χ1n) is 7.82. The molecule has 0 spiro atoms. The molecule has 1 saturated heterocycles. The molecule has 0 aromatic heterocycles. The Morgan fingerprint density at radius 2 is 1.88 bits per heavy atom. The van der Waals surface area contributed by atoms with Crippen LogP contribution in [0.2, 0.25) is 5.02 Å². The number of ether oxygens (including phenoxy) is 1. The lowest BCUT2D eigenvalue weighted by atomic mass is 10.2. The van der Waals surface area contributed by atoms with Crippen molar-refractivity contribution in [3.8, 4) is 0 Å². The van der Waals surface area contributed by atoms with E-state index in [0.717, 1.165) is 6.07 Å². The fourth-order valence-electron chi connectivity index (χ4n) is 2.52. The summed E-state index contributed by atoms with van der Waals surface area (Å²) in [5.74, 6) is -1.38. The van der Waals surface area contributed by atoms with Crippen LogP contribution in [0.1, 0.15) is 10.4 Å². The minimum Gasteiger partial charge on any atom is -0.379 e. The van der Waals surface area contributed by atoms with Crippen LogP contribution in [0.25, 0.3) is 0 Å². The third kappa shape index (κ3) is 4.04. The topological polar surface area (TPSA) is 75.7 Å². The van der Waals surface area contributed by atoms with Gasteiger partial charge in [-0.2, -0.15) is 4.31 Å². The number of morpholine rings is 1. The smallest absolute Gasteiger partial charge is 0.255 e. The van der Waals surface area contributed by atoms with Crippen LogP contribution >= 0.6 is 11.6 Å². The van der Waals surface area contributed by atoms with Crippen molar-refractivity contribution in [2.75, 3.05) is 31.6 Å². The van der Waals surface area contributed by atoms with Gasteiger partial charge in [-0.05, 0) is 36.4 Å². The minimum absolute atomic E-state index is 0.115. The molecule has 0 atom stereocenters. The van der Waals surface area contributed by atoms with Gasteiger partial charge in [0.2, 0.25) is 10.0 Å². The van der Waals surface area contributed by atoms with Gasteiger partial charge in [-0.15, -0.1) is 0 Å². The Kier molecular flexibility index (Phi) is 5.57. The minimum atomic E-state index is -3.80. The number of rotatable bonds is 4. The zero-order valence-corrected chi connectivity index (χ0v) is 15.2. The van der Waals surface area contributed by atoms with Crippen molar-refractivity contribution < 1.29 is 22.3 Å². The van der Waals surface area contributed by atoms with Crippen LogP contribution in [0.15, 0.2) is 47.4 Å². The summed E-state index contributed by atoms with van der Waals surface area (Å²) in [4.78, 5) is 12.0. The third-order valence-corrected chi connectivity index (χ3v) is 6.01. The van der Waals surface area contributed by atoms with Gasteiger partial charge in [0.05, 0.1) is 23.8 Å². The third-order valence-electron chi connectivity index (χ3n) is 3.88. The molecule has 1 heterocycles. The Hall–Kier alpha value is -2.00. The summed E-state index contributed by atoms with van der Waals surface area (Å²) >= 11 is 5.83. The van der Waals surface area contributed by atoms with E-state index in [1.165, 1.54) is 28.6 Å². The van der Waals surface area contributed by atoms with Gasteiger partial charge in [0.1, 0.15) is 5.82 Å². The molecule has 3 rings (SSSR count). The van der Waals surface area contributed by atoms with E-state index in [1.54, 1.807) is 12.1 Å². The summed E-state index contributed by atoms with van der Waals surface area (Å²) in [6, 6.07) is 9.60. The normalized spacial score (nSPS) is 15.6. The Balaban J connectivity index is 1.80. The fourth-order valence-corrected chi connectivity index (χ4v) is 4.13. The molecule has 26 heavy (non-hydrogen) atoms. The number of carbonyl (C=O) groups is 1. The lowest BCUT2D eigenvalue weighted by Crippen LogP contribution is -2.40. The molecule has 6 nitrogen and oxygen atoms in total. The van der Waals surface area contributed by atoms with Gasteiger partial charge in [-0.3, -0.25) is 4.79 Å². The maximum atomic E-state index is 14.4. The van der Waals surface area contributed by atoms with Crippen LogP contribution in [0.3, 0.4) is 0 Å². The summed E-state index contributed by atoms with van der Waals surface area (Å²) in [6.07, 6.45) is 0. The number of benzene rings is 2. The Labute approximate surface area is 155 Å². The summed E-state index contributed by atoms with van der Waals surface area (Å²) in [5.41, 5.74) is 0.151. The van der Waals surface area contributed by atoms with E-state index in [0.29, 0.717) is 18.2 Å². The molecular weight excluding hydrogens is 383 g/mol. The fraction of sp³-hybridized carbons (Fsp3) is 0.235. The first-order valence-corrected chi connectivity index (χ1v) is 9.64. The number of amides is 1. The van der Waals surface area contributed by atoms with Crippen molar-refractivity contribution in [3.05, 3.63) is 58.9 Å². The monoisotopic (exact) mass is 398 g/mol. The standard InChI is InChI=1S/C17H16ClFN2O4S/c18-13-3-1-2-12(10-13)17(22)20-16-5-4-14(11-15(16)19)26(23,24)21-6-8-25-9-7-21/h1-5,10-11H,6-9H2,(H,20,22). The lowest BCUT2D eigenvalue weighted by Gasteiger charge is -2.26. The summed E-state index contributed by atoms with van der Waals surface area (Å²) < 4.78 is 45.8. The van der Waals surface area contributed by atoms with Gasteiger partial charge in [0, 0.05) is 23.7 Å². The van der Waals surface area contributed by atoms with Crippen LogP contribution in [-0.2, 0) is 14.8 Å². The van der Waals surface area contributed by atoms with E-state index in [-0.39, 0.29) is 29.2 Å². The largest absolute Gasteiger partial charge is 0.379 e. The molecular formula is C17H16ClFN2O4S. The number of halogens is 2. The molecule has 1 fully saturated rings. The number of hydrogen-bond donors (Lipinski definition) is 1. The molecule has 138 valence electrons. The number of hydrogen-bond acceptors (Lipinski definition) is 4. The Morgan fingerprint density at radius 1 is 1.15 bits per heavy atom. The van der Waals surface area contributed by atoms with Crippen molar-refractivity contribution in [1.82, 2.24) is 4.31 Å². The molecule has 2 aromatic rings. The van der Waals surface area contributed by atoms with Gasteiger partial charge in [0.25, 0.3) is 5.91 Å². The van der Waals surface area contributed by atoms with Crippen molar-refractivity contribution >= 4 is 33.2 Å². The molecule has 1 N–H and O–H groups in total. The highest BCUT2D eigenvalue weighted by Gasteiger charge is 2.27. The highest BCUT2D eigenvalue weighted by Crippen LogP contribution is 2.23. The molecule has 0 radical (unpaired) electrons. The number of sulfonamides is 1. The van der Waals surface area contributed by atoms with Crippen molar-refractivity contribution in [1.29, 1.82) is 0 Å². The van der Waals surface area contributed by atoms with Gasteiger partial charge >= 0.3 is 0 Å². The predicted molar refractivity (Wildman–Crippen MR) is 95.4 cm³/mol. The first kappa shape index (κ1) is 18.8. The summed E-state index contributed by atoms with van der Waals surface area (Å²) in [6.45, 7) is 1.04. The molecule has 0 saturated carbocycles. The molecule has 1 aliphatic rings. The Morgan fingerprint density at radius 3 is 2.54 bits per heavy atom. The zero-order chi connectivity index (χ0) is 18.7. The van der Waals surface area contributed by atoms with Gasteiger partial charge < -0.3 is 10.1 Å². The molecule has 2 aromatic carbocycles. The van der Waals surface area contributed by atoms with Crippen LogP contribution in [0.4, 0.5) is 10.1 Å². The molecule has 0 unspecified atom stereocenters. The van der Waals surface area contributed by atoms with Crippen LogP contribution in [0.5, 0.6) is 0 Å². The summed E-state index contributed by atoms with van der Waals surface area (Å²) in [7, 11) is -3.80. The summed E-state index contributed by atoms with van der Waals surface area (Å²) in [5, 5.41) is 2.79. The quantitative estimate of drug-likeness (QED) is 0.859. The SMILES string of the molecule is O=C(Nc1ccc(S(=O)(=O)N2CCOCC2)cc1F)c1cccc(Cl)c1. The van der Waals surface area contributed by atoms with E-state index in [9.17, 15) is 17.6 Å². The van der Waals surface area contributed by atoms with Gasteiger partial charge in [-0.25, -0.2) is 12.8 Å². The number of nitrogens with one attached hydrogen (secondary N) is 1. The maximum Gasteiger partial charge on any atom is 0.255 e. The van der Waals surface area contributed by atoms with E-state index in [2.05, 4.69) is 5.32 Å². The van der Waals surface area contributed by atoms with Crippen LogP contribution in [-0.4, -0.2) is 44.9 Å². The second-order valence-electron chi connectivity index (χ2n) is 5.62. The average Bonchev–Trinajstić information content (AvgIpc) is 2.64. The number of nitrogens with zero attached hydrogens (tertiary/aromatic N) is 1. The van der Waals surface area contributed by atoms with E-state index < -0.39 is 21.7 Å². The molecule has 9 heteroatoms. The number of anilines is 1. The number of carbonyl (C=O) groups excluding carboxylic acids is 1. The van der Waals surface area contributed by atoms with Crippen molar-refractivity contribution in [3.63, 3.8) is 0 Å². The second-order valence-corrected chi connectivity index (χ2v) is 8.00. The predicted octanol–water partition coefficient (Wildman–Crippen LogP) is 2.75. The van der Waals surface area contributed by atoms with Gasteiger partial charge in [0.15, 0.2) is 0 Å². The van der Waals surface area contributed by atoms with Crippen LogP contribution in [0, 0.1) is 5.82 Å². The van der Waals surface area contributed by atoms with Crippen molar-refractivity contribution in [2.24, 2.45) is 0 Å².